The van der Waals surface area contributed by atoms with Gasteiger partial charge in [-0.1, -0.05) is 24.3 Å². The van der Waals surface area contributed by atoms with Crippen LogP contribution in [0.1, 0.15) is 0 Å². The van der Waals surface area contributed by atoms with Gasteiger partial charge in [0.2, 0.25) is 11.8 Å². The molecule has 0 spiro atoms. The van der Waals surface area contributed by atoms with Crippen molar-refractivity contribution in [1.29, 1.82) is 0 Å². The van der Waals surface area contributed by atoms with Gasteiger partial charge in [0, 0.05) is 8.95 Å². The van der Waals surface area contributed by atoms with Crippen LogP contribution in [0.15, 0.2) is 78.4 Å². The molecule has 2 heterocycles. The van der Waals surface area contributed by atoms with E-state index in [1.54, 1.807) is 0 Å². The van der Waals surface area contributed by atoms with Crippen molar-refractivity contribution in [3.05, 3.63) is 69.6 Å². The van der Waals surface area contributed by atoms with E-state index in [2.05, 4.69) is 41.8 Å². The van der Waals surface area contributed by atoms with Crippen molar-refractivity contribution < 1.29 is 8.83 Å². The average Bonchev–Trinajstić information content (AvgIpc) is 3.26. The van der Waals surface area contributed by atoms with Gasteiger partial charge in [0.1, 0.15) is 11.0 Å². The summed E-state index contributed by atoms with van der Waals surface area (Å²) in [5.74, 6) is 1.12. The van der Waals surface area contributed by atoms with Crippen LogP contribution in [0.25, 0.3) is 45.1 Å². The molecule has 2 aromatic heterocycles. The number of fused-ring (bicyclic) bond motifs is 2. The highest BCUT2D eigenvalue weighted by Crippen LogP contribution is 2.39. The summed E-state index contributed by atoms with van der Waals surface area (Å²) >= 11 is 7.25. The zero-order valence-corrected chi connectivity index (χ0v) is 16.4. The molecule has 3 aromatic carbocycles. The lowest BCUT2D eigenvalue weighted by Gasteiger charge is -2.05. The largest absolute Gasteiger partial charge is 0.436 e. The third kappa shape index (κ3) is 2.57. The molecule has 0 radical (unpaired) electrons. The summed E-state index contributed by atoms with van der Waals surface area (Å²) in [6, 6.07) is 19.3. The number of aromatic nitrogens is 2. The zero-order valence-electron chi connectivity index (χ0n) is 13.2. The molecule has 0 aliphatic heterocycles. The van der Waals surface area contributed by atoms with Crippen LogP contribution in [0, 0.1) is 0 Å². The van der Waals surface area contributed by atoms with Crippen molar-refractivity contribution in [3.8, 4) is 22.9 Å². The summed E-state index contributed by atoms with van der Waals surface area (Å²) in [6.07, 6.45) is 0. The van der Waals surface area contributed by atoms with E-state index in [1.165, 1.54) is 0 Å². The summed E-state index contributed by atoms with van der Waals surface area (Å²) in [5.41, 5.74) is 4.88. The van der Waals surface area contributed by atoms with Crippen molar-refractivity contribution >= 4 is 54.1 Å². The first-order valence-corrected chi connectivity index (χ1v) is 9.48. The van der Waals surface area contributed by atoms with Gasteiger partial charge < -0.3 is 8.83 Å². The van der Waals surface area contributed by atoms with Gasteiger partial charge >= 0.3 is 0 Å². The fraction of sp³-hybridized carbons (Fsp3) is 0. The zero-order chi connectivity index (χ0) is 17.7. The van der Waals surface area contributed by atoms with E-state index >= 15 is 0 Å². The molecule has 4 nitrogen and oxygen atoms in total. The molecule has 0 N–H and O–H groups in total. The van der Waals surface area contributed by atoms with Gasteiger partial charge in [-0.2, -0.15) is 0 Å². The Labute approximate surface area is 165 Å². The molecular formula is C20H10Br2N2O2. The molecule has 5 rings (SSSR count). The van der Waals surface area contributed by atoms with Crippen molar-refractivity contribution in [2.24, 2.45) is 0 Å². The van der Waals surface area contributed by atoms with E-state index in [-0.39, 0.29) is 0 Å². The van der Waals surface area contributed by atoms with Gasteiger partial charge in [-0.3, -0.25) is 0 Å². The maximum Gasteiger partial charge on any atom is 0.228 e. The van der Waals surface area contributed by atoms with Crippen molar-refractivity contribution in [2.75, 3.05) is 0 Å². The molecule has 126 valence electrons. The second-order valence-electron chi connectivity index (χ2n) is 5.79. The molecule has 6 heteroatoms. The van der Waals surface area contributed by atoms with Gasteiger partial charge in [0.15, 0.2) is 11.2 Å². The molecule has 0 saturated heterocycles. The second kappa shape index (κ2) is 6.07. The second-order valence-corrected chi connectivity index (χ2v) is 7.49. The van der Waals surface area contributed by atoms with Gasteiger partial charge in [0.25, 0.3) is 0 Å². The molecule has 0 unspecified atom stereocenters. The molecular weight excluding hydrogens is 460 g/mol. The van der Waals surface area contributed by atoms with Gasteiger partial charge in [-0.05, 0) is 68.3 Å². The third-order valence-corrected chi connectivity index (χ3v) is 5.42. The van der Waals surface area contributed by atoms with Crippen molar-refractivity contribution in [3.63, 3.8) is 0 Å². The minimum Gasteiger partial charge on any atom is -0.436 e. The number of oxazole rings is 2. The highest BCUT2D eigenvalue weighted by Gasteiger charge is 2.17. The average molecular weight is 470 g/mol. The number of para-hydroxylation sites is 4. The Kier molecular flexibility index (Phi) is 3.69. The number of hydrogen-bond donors (Lipinski definition) is 0. The Balaban J connectivity index is 1.64. The number of rotatable bonds is 2. The maximum atomic E-state index is 5.88. The lowest BCUT2D eigenvalue weighted by atomic mass is 10.1. The number of benzene rings is 3. The highest BCUT2D eigenvalue weighted by atomic mass is 79.9. The first-order chi connectivity index (χ1) is 12.7. The van der Waals surface area contributed by atoms with Crippen LogP contribution in [0.4, 0.5) is 0 Å². The van der Waals surface area contributed by atoms with E-state index < -0.39 is 0 Å². The summed E-state index contributed by atoms with van der Waals surface area (Å²) in [7, 11) is 0. The summed E-state index contributed by atoms with van der Waals surface area (Å²) < 4.78 is 13.5. The first kappa shape index (κ1) is 15.8. The highest BCUT2D eigenvalue weighted by molar-refractivity contribution is 9.11. The van der Waals surface area contributed by atoms with Crippen molar-refractivity contribution in [2.45, 2.75) is 0 Å². The van der Waals surface area contributed by atoms with Gasteiger partial charge in [-0.15, -0.1) is 0 Å². The Bertz CT molecular complexity index is 1110. The van der Waals surface area contributed by atoms with Gasteiger partial charge in [0.05, 0.1) is 11.1 Å². The van der Waals surface area contributed by atoms with E-state index in [9.17, 15) is 0 Å². The predicted molar refractivity (Wildman–Crippen MR) is 108 cm³/mol. The van der Waals surface area contributed by atoms with E-state index in [0.29, 0.717) is 11.8 Å². The number of nitrogens with zero attached hydrogens (tertiary/aromatic N) is 2. The molecule has 0 atom stereocenters. The molecule has 26 heavy (non-hydrogen) atoms. The maximum absolute atomic E-state index is 5.88. The Morgan fingerprint density at radius 1 is 0.615 bits per heavy atom. The van der Waals surface area contributed by atoms with Gasteiger partial charge in [-0.25, -0.2) is 9.97 Å². The molecule has 0 fully saturated rings. The summed E-state index contributed by atoms with van der Waals surface area (Å²) in [6.45, 7) is 0. The Hall–Kier alpha value is -2.44. The van der Waals surface area contributed by atoms with Crippen LogP contribution < -0.4 is 0 Å². The van der Waals surface area contributed by atoms with Crippen LogP contribution in [0.2, 0.25) is 0 Å². The predicted octanol–water partition coefficient (Wildman–Crippen LogP) is 6.83. The molecule has 0 aliphatic rings. The lowest BCUT2D eigenvalue weighted by Crippen LogP contribution is -1.86. The topological polar surface area (TPSA) is 52.1 Å². The van der Waals surface area contributed by atoms with E-state index in [1.807, 2.05) is 60.7 Å². The third-order valence-electron chi connectivity index (χ3n) is 4.11. The molecule has 0 saturated carbocycles. The van der Waals surface area contributed by atoms with Crippen LogP contribution >= 0.6 is 31.9 Å². The van der Waals surface area contributed by atoms with Crippen molar-refractivity contribution in [1.82, 2.24) is 9.97 Å². The molecule has 0 bridgehead atoms. The molecule has 0 aliphatic carbocycles. The lowest BCUT2D eigenvalue weighted by molar-refractivity contribution is 0.617. The Morgan fingerprint density at radius 3 is 1.46 bits per heavy atom. The first-order valence-electron chi connectivity index (χ1n) is 7.90. The van der Waals surface area contributed by atoms with E-state index in [4.69, 9.17) is 8.83 Å². The number of hydrogen-bond acceptors (Lipinski definition) is 4. The van der Waals surface area contributed by atoms with Crippen LogP contribution in [-0.4, -0.2) is 9.97 Å². The standard InChI is InChI=1S/C20H10Br2N2O2/c21-13-10-12(20-24-16-6-2-4-8-18(16)26-20)14(22)9-11(13)19-23-15-5-1-3-7-17(15)25-19/h1-10H. The Morgan fingerprint density at radius 2 is 1.04 bits per heavy atom. The fourth-order valence-electron chi connectivity index (χ4n) is 2.85. The minimum atomic E-state index is 0.558. The summed E-state index contributed by atoms with van der Waals surface area (Å²) in [5, 5.41) is 0. The van der Waals surface area contributed by atoms with Crippen LogP contribution in [-0.2, 0) is 0 Å². The monoisotopic (exact) mass is 468 g/mol. The van der Waals surface area contributed by atoms with Crippen LogP contribution in [0.3, 0.4) is 0 Å². The van der Waals surface area contributed by atoms with Crippen LogP contribution in [0.5, 0.6) is 0 Å². The molecule has 0 amide bonds. The normalized spacial score (nSPS) is 11.5. The molecule has 5 aromatic rings. The van der Waals surface area contributed by atoms with E-state index in [0.717, 1.165) is 42.3 Å². The smallest absolute Gasteiger partial charge is 0.228 e. The quantitative estimate of drug-likeness (QED) is 0.284. The SMILES string of the molecule is Brc1cc(-c2nc3ccccc3o2)c(Br)cc1-c1nc2ccccc2o1. The fourth-order valence-corrected chi connectivity index (χ4v) is 3.88. The summed E-state index contributed by atoms with van der Waals surface area (Å²) in [4.78, 5) is 9.13. The minimum absolute atomic E-state index is 0.558. The number of halogens is 2.